The molecule has 3 N–H and O–H groups in total. The van der Waals surface area contributed by atoms with E-state index in [1.54, 1.807) is 0 Å². The highest BCUT2D eigenvalue weighted by Gasteiger charge is 2.36. The SMILES string of the molecule is CC(C)(C)OC(=O)NC(CN)CC1CCSC1(C)C. The zero-order valence-electron chi connectivity index (χ0n) is 12.8. The Bertz CT molecular complexity index is 313. The quantitative estimate of drug-likeness (QED) is 0.835. The molecule has 2 unspecified atom stereocenters. The maximum atomic E-state index is 11.8. The predicted molar refractivity (Wildman–Crippen MR) is 81.5 cm³/mol. The molecular formula is C14H28N2O2S. The minimum Gasteiger partial charge on any atom is -0.444 e. The van der Waals surface area contributed by atoms with Gasteiger partial charge in [0.25, 0.3) is 0 Å². The Labute approximate surface area is 121 Å². The normalized spacial score (nSPS) is 24.0. The van der Waals surface area contributed by atoms with E-state index in [-0.39, 0.29) is 16.9 Å². The van der Waals surface area contributed by atoms with Crippen LogP contribution in [-0.2, 0) is 4.74 Å². The molecule has 1 fully saturated rings. The van der Waals surface area contributed by atoms with E-state index in [1.807, 2.05) is 32.5 Å². The van der Waals surface area contributed by atoms with E-state index in [1.165, 1.54) is 12.2 Å². The molecule has 2 atom stereocenters. The first-order chi connectivity index (χ1) is 8.64. The van der Waals surface area contributed by atoms with Crippen molar-refractivity contribution in [1.29, 1.82) is 0 Å². The molecule has 0 radical (unpaired) electrons. The summed E-state index contributed by atoms with van der Waals surface area (Å²) < 4.78 is 5.56. The van der Waals surface area contributed by atoms with Crippen LogP contribution in [0.15, 0.2) is 0 Å². The van der Waals surface area contributed by atoms with Gasteiger partial charge in [0.1, 0.15) is 5.60 Å². The lowest BCUT2D eigenvalue weighted by Crippen LogP contribution is -2.45. The van der Waals surface area contributed by atoms with E-state index in [2.05, 4.69) is 19.2 Å². The molecule has 19 heavy (non-hydrogen) atoms. The topological polar surface area (TPSA) is 64.3 Å². The van der Waals surface area contributed by atoms with Crippen LogP contribution in [0.1, 0.15) is 47.5 Å². The summed E-state index contributed by atoms with van der Waals surface area (Å²) in [6.07, 6.45) is 1.76. The van der Waals surface area contributed by atoms with Crippen LogP contribution in [0.2, 0.25) is 0 Å². The number of rotatable bonds is 4. The first kappa shape index (κ1) is 16.6. The Morgan fingerprint density at radius 3 is 2.58 bits per heavy atom. The minimum absolute atomic E-state index is 0.00201. The van der Waals surface area contributed by atoms with Gasteiger partial charge in [0.2, 0.25) is 0 Å². The highest BCUT2D eigenvalue weighted by atomic mass is 32.2. The highest BCUT2D eigenvalue weighted by molar-refractivity contribution is 8.00. The number of alkyl carbamates (subject to hydrolysis) is 1. The lowest BCUT2D eigenvalue weighted by atomic mass is 9.87. The zero-order valence-corrected chi connectivity index (χ0v) is 13.6. The zero-order chi connectivity index (χ0) is 14.7. The Hall–Kier alpha value is -0.420. The fourth-order valence-electron chi connectivity index (χ4n) is 2.36. The number of carbonyl (C=O) groups excluding carboxylic acids is 1. The molecule has 0 aromatic heterocycles. The fraction of sp³-hybridized carbons (Fsp3) is 0.929. The monoisotopic (exact) mass is 288 g/mol. The summed E-state index contributed by atoms with van der Waals surface area (Å²) in [5.74, 6) is 1.79. The molecule has 1 heterocycles. The van der Waals surface area contributed by atoms with Crippen molar-refractivity contribution in [2.24, 2.45) is 11.7 Å². The number of nitrogens with one attached hydrogen (secondary N) is 1. The van der Waals surface area contributed by atoms with Gasteiger partial charge in [-0.1, -0.05) is 13.8 Å². The van der Waals surface area contributed by atoms with Crippen LogP contribution in [0.4, 0.5) is 4.79 Å². The van der Waals surface area contributed by atoms with Gasteiger partial charge in [-0.15, -0.1) is 0 Å². The van der Waals surface area contributed by atoms with Gasteiger partial charge in [-0.2, -0.15) is 11.8 Å². The molecule has 112 valence electrons. The second-order valence-electron chi connectivity index (χ2n) is 6.75. The molecule has 1 aliphatic heterocycles. The van der Waals surface area contributed by atoms with Crippen molar-refractivity contribution in [1.82, 2.24) is 5.32 Å². The number of amides is 1. The van der Waals surface area contributed by atoms with Gasteiger partial charge in [0, 0.05) is 17.3 Å². The Morgan fingerprint density at radius 1 is 1.53 bits per heavy atom. The van der Waals surface area contributed by atoms with Crippen LogP contribution in [-0.4, -0.2) is 34.8 Å². The number of carbonyl (C=O) groups is 1. The van der Waals surface area contributed by atoms with Crippen molar-refractivity contribution in [2.45, 2.75) is 63.9 Å². The van der Waals surface area contributed by atoms with Gasteiger partial charge in [-0.25, -0.2) is 4.79 Å². The first-order valence-electron chi connectivity index (χ1n) is 6.97. The lowest BCUT2D eigenvalue weighted by Gasteiger charge is -2.30. The smallest absolute Gasteiger partial charge is 0.407 e. The van der Waals surface area contributed by atoms with Gasteiger partial charge < -0.3 is 15.8 Å². The van der Waals surface area contributed by atoms with E-state index in [4.69, 9.17) is 10.5 Å². The van der Waals surface area contributed by atoms with Crippen LogP contribution in [0.25, 0.3) is 0 Å². The molecular weight excluding hydrogens is 260 g/mol. The molecule has 0 aromatic carbocycles. The molecule has 0 aromatic rings. The third-order valence-corrected chi connectivity index (χ3v) is 5.02. The maximum absolute atomic E-state index is 11.8. The standard InChI is InChI=1S/C14H28N2O2S/c1-13(2,3)18-12(17)16-11(9-15)8-10-6-7-19-14(10,4)5/h10-11H,6-9,15H2,1-5H3,(H,16,17). The summed E-state index contributed by atoms with van der Waals surface area (Å²) in [6, 6.07) is -0.00201. The van der Waals surface area contributed by atoms with Gasteiger partial charge in [0.05, 0.1) is 0 Å². The average molecular weight is 288 g/mol. The third kappa shape index (κ3) is 5.61. The van der Waals surface area contributed by atoms with E-state index in [0.717, 1.165) is 6.42 Å². The summed E-state index contributed by atoms with van der Waals surface area (Å²) in [7, 11) is 0. The van der Waals surface area contributed by atoms with Gasteiger partial charge in [-0.3, -0.25) is 0 Å². The summed E-state index contributed by atoms with van der Waals surface area (Å²) in [5, 5.41) is 2.89. The second kappa shape index (κ2) is 6.35. The first-order valence-corrected chi connectivity index (χ1v) is 7.96. The molecule has 1 aliphatic rings. The fourth-order valence-corrected chi connectivity index (χ4v) is 3.74. The van der Waals surface area contributed by atoms with Crippen LogP contribution < -0.4 is 11.1 Å². The van der Waals surface area contributed by atoms with Crippen molar-refractivity contribution >= 4 is 17.9 Å². The van der Waals surface area contributed by atoms with Crippen LogP contribution in [0, 0.1) is 5.92 Å². The van der Waals surface area contributed by atoms with Crippen molar-refractivity contribution in [3.05, 3.63) is 0 Å². The van der Waals surface area contributed by atoms with Crippen molar-refractivity contribution in [3.63, 3.8) is 0 Å². The van der Waals surface area contributed by atoms with Gasteiger partial charge in [0.15, 0.2) is 0 Å². The van der Waals surface area contributed by atoms with Gasteiger partial charge in [-0.05, 0) is 45.3 Å². The summed E-state index contributed by atoms with van der Waals surface area (Å²) in [4.78, 5) is 11.8. The largest absolute Gasteiger partial charge is 0.444 e. The molecule has 0 bridgehead atoms. The number of thioether (sulfide) groups is 1. The molecule has 0 saturated carbocycles. The van der Waals surface area contributed by atoms with E-state index in [0.29, 0.717) is 12.5 Å². The Balaban J connectivity index is 2.48. The highest BCUT2D eigenvalue weighted by Crippen LogP contribution is 2.44. The van der Waals surface area contributed by atoms with Crippen molar-refractivity contribution in [2.75, 3.05) is 12.3 Å². The van der Waals surface area contributed by atoms with E-state index in [9.17, 15) is 4.79 Å². The number of nitrogens with two attached hydrogens (primary N) is 1. The van der Waals surface area contributed by atoms with Crippen molar-refractivity contribution < 1.29 is 9.53 Å². The number of hydrogen-bond donors (Lipinski definition) is 2. The predicted octanol–water partition coefficient (Wildman–Crippen LogP) is 2.76. The van der Waals surface area contributed by atoms with Gasteiger partial charge >= 0.3 is 6.09 Å². The molecule has 5 heteroatoms. The van der Waals surface area contributed by atoms with E-state index >= 15 is 0 Å². The minimum atomic E-state index is -0.467. The molecule has 1 saturated heterocycles. The average Bonchev–Trinajstić information content (AvgIpc) is 2.54. The lowest BCUT2D eigenvalue weighted by molar-refractivity contribution is 0.0498. The van der Waals surface area contributed by atoms with Crippen LogP contribution in [0.3, 0.4) is 0 Å². The van der Waals surface area contributed by atoms with E-state index < -0.39 is 5.60 Å². The molecule has 1 rings (SSSR count). The summed E-state index contributed by atoms with van der Waals surface area (Å²) in [6.45, 7) is 10.6. The number of hydrogen-bond acceptors (Lipinski definition) is 4. The summed E-state index contributed by atoms with van der Waals surface area (Å²) >= 11 is 2.00. The molecule has 0 spiro atoms. The Morgan fingerprint density at radius 2 is 2.16 bits per heavy atom. The molecule has 0 aliphatic carbocycles. The molecule has 1 amide bonds. The van der Waals surface area contributed by atoms with Crippen molar-refractivity contribution in [3.8, 4) is 0 Å². The number of ether oxygens (including phenoxy) is 1. The molecule has 4 nitrogen and oxygen atoms in total. The van der Waals surface area contributed by atoms with Crippen LogP contribution in [0.5, 0.6) is 0 Å². The Kier molecular flexibility index (Phi) is 5.56. The third-order valence-electron chi connectivity index (χ3n) is 3.50. The maximum Gasteiger partial charge on any atom is 0.407 e. The van der Waals surface area contributed by atoms with Crippen LogP contribution >= 0.6 is 11.8 Å². The second-order valence-corrected chi connectivity index (χ2v) is 8.50. The summed E-state index contributed by atoms with van der Waals surface area (Å²) in [5.41, 5.74) is 5.31.